The van der Waals surface area contributed by atoms with Crippen LogP contribution in [0.25, 0.3) is 10.8 Å². The van der Waals surface area contributed by atoms with Gasteiger partial charge in [-0.3, -0.25) is 9.59 Å². The van der Waals surface area contributed by atoms with E-state index in [2.05, 4.69) is 10.00 Å². The Kier molecular flexibility index (Phi) is 4.94. The van der Waals surface area contributed by atoms with E-state index in [1.165, 1.54) is 17.5 Å². The number of hydrogen-bond donors (Lipinski definition) is 0. The van der Waals surface area contributed by atoms with Crippen LogP contribution in [0.2, 0.25) is 0 Å². The predicted octanol–water partition coefficient (Wildman–Crippen LogP) is 1.49. The van der Waals surface area contributed by atoms with E-state index < -0.39 is 0 Å². The maximum absolute atomic E-state index is 13.0. The van der Waals surface area contributed by atoms with Crippen molar-refractivity contribution in [3.8, 4) is 0 Å². The lowest BCUT2D eigenvalue weighted by molar-refractivity contribution is 0.0743. The minimum atomic E-state index is -0.178. The largest absolute Gasteiger partial charge is 0.336 e. The van der Waals surface area contributed by atoms with Crippen LogP contribution in [0.3, 0.4) is 0 Å². The van der Waals surface area contributed by atoms with Gasteiger partial charge < -0.3 is 9.80 Å². The molecule has 0 spiro atoms. The van der Waals surface area contributed by atoms with Crippen molar-refractivity contribution in [3.63, 3.8) is 0 Å². The molecule has 1 aliphatic heterocycles. The molecule has 0 atom stereocenters. The molecule has 24 heavy (non-hydrogen) atoms. The first kappa shape index (κ1) is 16.6. The number of carbonyl (C=O) groups excluding carboxylic acids is 1. The molecule has 0 N–H and O–H groups in total. The third-order valence-electron chi connectivity index (χ3n) is 4.71. The van der Waals surface area contributed by atoms with Crippen molar-refractivity contribution >= 4 is 16.7 Å². The van der Waals surface area contributed by atoms with Gasteiger partial charge >= 0.3 is 0 Å². The molecule has 2 aromatic rings. The van der Waals surface area contributed by atoms with Crippen LogP contribution in [0, 0.1) is 0 Å². The smallest absolute Gasteiger partial charge is 0.274 e. The Bertz CT molecular complexity index is 793. The molecule has 1 amide bonds. The number of fused-ring (bicyclic) bond motifs is 1. The number of aryl methyl sites for hydroxylation is 1. The zero-order valence-electron chi connectivity index (χ0n) is 14.4. The number of rotatable bonds is 5. The predicted molar refractivity (Wildman–Crippen MR) is 94.2 cm³/mol. The van der Waals surface area contributed by atoms with Gasteiger partial charge in [0, 0.05) is 32.1 Å². The fourth-order valence-corrected chi connectivity index (χ4v) is 3.28. The van der Waals surface area contributed by atoms with Gasteiger partial charge in [0.05, 0.1) is 5.39 Å². The van der Waals surface area contributed by atoms with Crippen LogP contribution in [0.4, 0.5) is 0 Å². The molecule has 1 aliphatic rings. The van der Waals surface area contributed by atoms with Crippen molar-refractivity contribution in [2.75, 3.05) is 32.7 Å². The van der Waals surface area contributed by atoms with Gasteiger partial charge in [-0.15, -0.1) is 0 Å². The van der Waals surface area contributed by atoms with Gasteiger partial charge in [0.1, 0.15) is 0 Å². The van der Waals surface area contributed by atoms with Gasteiger partial charge in [-0.1, -0.05) is 18.2 Å². The molecule has 0 unspecified atom stereocenters. The quantitative estimate of drug-likeness (QED) is 0.834. The van der Waals surface area contributed by atoms with Crippen LogP contribution in [0.15, 0.2) is 29.1 Å². The molecular formula is C18H24N4O2. The van der Waals surface area contributed by atoms with Gasteiger partial charge in [-0.2, -0.15) is 5.10 Å². The average molecular weight is 328 g/mol. The van der Waals surface area contributed by atoms with Crippen molar-refractivity contribution in [2.24, 2.45) is 7.05 Å². The summed E-state index contributed by atoms with van der Waals surface area (Å²) in [5.41, 5.74) is 0.179. The van der Waals surface area contributed by atoms with Crippen LogP contribution in [-0.2, 0) is 7.05 Å². The molecule has 1 aromatic carbocycles. The highest BCUT2D eigenvalue weighted by Crippen LogP contribution is 2.15. The van der Waals surface area contributed by atoms with Crippen LogP contribution >= 0.6 is 0 Å². The molecule has 6 heteroatoms. The standard InChI is InChI=1S/C18H24N4O2/c1-3-22(13-12-21-10-6-7-11-21)18(24)16-14-8-4-5-9-15(14)17(23)20(2)19-16/h4-5,8-9H,3,6-7,10-13H2,1-2H3. The van der Waals surface area contributed by atoms with Gasteiger partial charge in [0.15, 0.2) is 5.69 Å². The topological polar surface area (TPSA) is 58.4 Å². The molecule has 6 nitrogen and oxygen atoms in total. The van der Waals surface area contributed by atoms with Crippen molar-refractivity contribution in [3.05, 3.63) is 40.3 Å². The summed E-state index contributed by atoms with van der Waals surface area (Å²) >= 11 is 0. The lowest BCUT2D eigenvalue weighted by Crippen LogP contribution is -2.39. The summed E-state index contributed by atoms with van der Waals surface area (Å²) < 4.78 is 1.25. The number of aromatic nitrogens is 2. The number of nitrogens with zero attached hydrogens (tertiary/aromatic N) is 4. The molecule has 1 saturated heterocycles. The summed E-state index contributed by atoms with van der Waals surface area (Å²) in [5.74, 6) is -0.108. The van der Waals surface area contributed by atoms with Gasteiger partial charge in [0.25, 0.3) is 11.5 Å². The monoisotopic (exact) mass is 328 g/mol. The average Bonchev–Trinajstić information content (AvgIpc) is 3.12. The van der Waals surface area contributed by atoms with Crippen LogP contribution in [-0.4, -0.2) is 58.2 Å². The Balaban J connectivity index is 1.88. The SMILES string of the molecule is CCN(CCN1CCCC1)C(=O)c1nn(C)c(=O)c2ccccc12. The second-order valence-corrected chi connectivity index (χ2v) is 6.26. The number of likely N-dealkylation sites (N-methyl/N-ethyl adjacent to an activating group) is 1. The van der Waals surface area contributed by atoms with Gasteiger partial charge in [-0.05, 0) is 38.9 Å². The summed E-state index contributed by atoms with van der Waals surface area (Å²) in [6, 6.07) is 7.19. The highest BCUT2D eigenvalue weighted by Gasteiger charge is 2.21. The van der Waals surface area contributed by atoms with Crippen molar-refractivity contribution in [2.45, 2.75) is 19.8 Å². The van der Waals surface area contributed by atoms with E-state index in [9.17, 15) is 9.59 Å². The Morgan fingerprint density at radius 2 is 1.88 bits per heavy atom. The van der Waals surface area contributed by atoms with Crippen LogP contribution < -0.4 is 5.56 Å². The normalized spacial score (nSPS) is 15.1. The van der Waals surface area contributed by atoms with E-state index >= 15 is 0 Å². The molecule has 0 aliphatic carbocycles. The molecule has 128 valence electrons. The first-order valence-electron chi connectivity index (χ1n) is 8.59. The summed E-state index contributed by atoms with van der Waals surface area (Å²) in [5, 5.41) is 5.41. The highest BCUT2D eigenvalue weighted by molar-refractivity contribution is 6.04. The third kappa shape index (κ3) is 3.19. The molecule has 1 fully saturated rings. The molecular weight excluding hydrogens is 304 g/mol. The number of likely N-dealkylation sites (tertiary alicyclic amines) is 1. The van der Waals surface area contributed by atoms with E-state index in [0.29, 0.717) is 29.6 Å². The maximum atomic E-state index is 13.0. The number of amides is 1. The van der Waals surface area contributed by atoms with E-state index in [4.69, 9.17) is 0 Å². The zero-order chi connectivity index (χ0) is 17.1. The van der Waals surface area contributed by atoms with Crippen molar-refractivity contribution < 1.29 is 4.79 Å². The lowest BCUT2D eigenvalue weighted by Gasteiger charge is -2.24. The van der Waals surface area contributed by atoms with Crippen molar-refractivity contribution in [1.82, 2.24) is 19.6 Å². The zero-order valence-corrected chi connectivity index (χ0v) is 14.4. The van der Waals surface area contributed by atoms with Crippen molar-refractivity contribution in [1.29, 1.82) is 0 Å². The van der Waals surface area contributed by atoms with Gasteiger partial charge in [0.2, 0.25) is 0 Å². The second kappa shape index (κ2) is 7.13. The van der Waals surface area contributed by atoms with E-state index in [1.54, 1.807) is 19.2 Å². The first-order valence-corrected chi connectivity index (χ1v) is 8.59. The molecule has 3 rings (SSSR count). The minimum absolute atomic E-state index is 0.108. The van der Waals surface area contributed by atoms with E-state index in [1.807, 2.05) is 24.0 Å². The fraction of sp³-hybridized carbons (Fsp3) is 0.500. The second-order valence-electron chi connectivity index (χ2n) is 6.26. The van der Waals surface area contributed by atoms with E-state index in [-0.39, 0.29) is 11.5 Å². The van der Waals surface area contributed by atoms with Crippen LogP contribution in [0.1, 0.15) is 30.3 Å². The summed E-state index contributed by atoms with van der Waals surface area (Å²) in [6.07, 6.45) is 2.49. The first-order chi connectivity index (χ1) is 11.6. The third-order valence-corrected chi connectivity index (χ3v) is 4.71. The molecule has 2 heterocycles. The Hall–Kier alpha value is -2.21. The Morgan fingerprint density at radius 1 is 1.21 bits per heavy atom. The maximum Gasteiger partial charge on any atom is 0.274 e. The lowest BCUT2D eigenvalue weighted by atomic mass is 10.1. The van der Waals surface area contributed by atoms with Crippen LogP contribution in [0.5, 0.6) is 0 Å². The summed E-state index contributed by atoms with van der Waals surface area (Å²) in [4.78, 5) is 29.4. The summed E-state index contributed by atoms with van der Waals surface area (Å²) in [6.45, 7) is 6.43. The molecule has 1 aromatic heterocycles. The highest BCUT2D eigenvalue weighted by atomic mass is 16.2. The Morgan fingerprint density at radius 3 is 2.54 bits per heavy atom. The number of benzene rings is 1. The summed E-state index contributed by atoms with van der Waals surface area (Å²) in [7, 11) is 1.59. The van der Waals surface area contributed by atoms with Gasteiger partial charge in [-0.25, -0.2) is 4.68 Å². The van der Waals surface area contributed by atoms with E-state index in [0.717, 1.165) is 19.6 Å². The molecule has 0 saturated carbocycles. The minimum Gasteiger partial charge on any atom is -0.336 e. The fourth-order valence-electron chi connectivity index (χ4n) is 3.28. The molecule has 0 bridgehead atoms. The number of carbonyl (C=O) groups is 1. The molecule has 0 radical (unpaired) electrons. The number of hydrogen-bond acceptors (Lipinski definition) is 4. The Labute approximate surface area is 141 Å².